The zero-order valence-electron chi connectivity index (χ0n) is 10.9. The van der Waals surface area contributed by atoms with Gasteiger partial charge in [0.25, 0.3) is 0 Å². The van der Waals surface area contributed by atoms with Crippen LogP contribution in [0.3, 0.4) is 0 Å². The van der Waals surface area contributed by atoms with Gasteiger partial charge in [0.1, 0.15) is 0 Å². The van der Waals surface area contributed by atoms with Crippen molar-refractivity contribution in [3.8, 4) is 0 Å². The molecule has 0 saturated carbocycles. The van der Waals surface area contributed by atoms with Crippen LogP contribution in [-0.4, -0.2) is 0 Å². The molecular weight excluding hydrogens is 204 g/mol. The maximum Gasteiger partial charge on any atom is 0.0173 e. The molecule has 0 spiro atoms. The van der Waals surface area contributed by atoms with Crippen LogP contribution in [0.25, 0.3) is 0 Å². The van der Waals surface area contributed by atoms with Crippen molar-refractivity contribution in [1.82, 2.24) is 0 Å². The maximum absolute atomic E-state index is 2.32. The molecule has 1 aliphatic carbocycles. The van der Waals surface area contributed by atoms with E-state index in [9.17, 15) is 0 Å². The van der Waals surface area contributed by atoms with E-state index in [-0.39, 0.29) is 5.41 Å². The molecule has 1 aromatic carbocycles. The molecule has 0 nitrogen and oxygen atoms in total. The summed E-state index contributed by atoms with van der Waals surface area (Å²) in [7, 11) is 0. The lowest BCUT2D eigenvalue weighted by Crippen LogP contribution is -2.30. The van der Waals surface area contributed by atoms with Gasteiger partial charge in [0.05, 0.1) is 0 Å². The number of rotatable bonds is 2. The number of benzene rings is 1. The predicted octanol–water partition coefficient (Wildman–Crippen LogP) is 4.65. The van der Waals surface area contributed by atoms with Gasteiger partial charge in [0.15, 0.2) is 0 Å². The Bertz CT molecular complexity index is 462. The highest BCUT2D eigenvalue weighted by Crippen LogP contribution is 2.40. The van der Waals surface area contributed by atoms with Gasteiger partial charge in [0, 0.05) is 5.41 Å². The summed E-state index contributed by atoms with van der Waals surface area (Å²) in [5.41, 5.74) is 2.89. The molecule has 0 aliphatic heterocycles. The van der Waals surface area contributed by atoms with Gasteiger partial charge in [-0.15, -0.1) is 0 Å². The van der Waals surface area contributed by atoms with E-state index in [4.69, 9.17) is 0 Å². The third-order valence-electron chi connectivity index (χ3n) is 3.89. The van der Waals surface area contributed by atoms with E-state index in [2.05, 4.69) is 81.5 Å². The first-order chi connectivity index (χ1) is 8.18. The van der Waals surface area contributed by atoms with Crippen LogP contribution < -0.4 is 0 Å². The van der Waals surface area contributed by atoms with Gasteiger partial charge in [-0.2, -0.15) is 0 Å². The van der Waals surface area contributed by atoms with Crippen LogP contribution in [0.5, 0.6) is 0 Å². The molecule has 1 aliphatic rings. The van der Waals surface area contributed by atoms with Crippen molar-refractivity contribution in [3.05, 3.63) is 71.8 Å². The van der Waals surface area contributed by atoms with E-state index in [1.54, 1.807) is 0 Å². The van der Waals surface area contributed by atoms with Gasteiger partial charge < -0.3 is 0 Å². The molecule has 0 aromatic heterocycles. The normalized spacial score (nSPS) is 28.4. The highest BCUT2D eigenvalue weighted by molar-refractivity contribution is 5.42. The summed E-state index contributed by atoms with van der Waals surface area (Å²) in [6.07, 6.45) is 11.1. The van der Waals surface area contributed by atoms with Crippen molar-refractivity contribution in [3.63, 3.8) is 0 Å². The molecular formula is C17H20. The zero-order chi connectivity index (χ0) is 12.3. The maximum atomic E-state index is 2.32. The second-order valence-corrected chi connectivity index (χ2v) is 4.90. The van der Waals surface area contributed by atoms with E-state index >= 15 is 0 Å². The molecule has 0 heterocycles. The molecule has 0 bridgehead atoms. The fourth-order valence-corrected chi connectivity index (χ4v) is 2.53. The Labute approximate surface area is 104 Å². The van der Waals surface area contributed by atoms with Crippen molar-refractivity contribution in [2.45, 2.75) is 26.2 Å². The Morgan fingerprint density at radius 1 is 1.18 bits per heavy atom. The van der Waals surface area contributed by atoms with Crippen LogP contribution in [0.2, 0.25) is 0 Å². The SMILES string of the molecule is CC=CC1=CC=CC(C)(c2ccccc2)C1C. The summed E-state index contributed by atoms with van der Waals surface area (Å²) >= 11 is 0. The van der Waals surface area contributed by atoms with Gasteiger partial charge in [-0.05, 0) is 24.0 Å². The highest BCUT2D eigenvalue weighted by Gasteiger charge is 2.33. The summed E-state index contributed by atoms with van der Waals surface area (Å²) in [5.74, 6) is 0.506. The smallest absolute Gasteiger partial charge is 0.0173 e. The number of hydrogen-bond acceptors (Lipinski definition) is 0. The first-order valence-corrected chi connectivity index (χ1v) is 6.26. The third kappa shape index (κ3) is 2.12. The molecule has 0 N–H and O–H groups in total. The summed E-state index contributed by atoms with van der Waals surface area (Å²) < 4.78 is 0. The lowest BCUT2D eigenvalue weighted by molar-refractivity contribution is 0.443. The molecule has 2 unspecified atom stereocenters. The molecule has 0 radical (unpaired) electrons. The molecule has 17 heavy (non-hydrogen) atoms. The van der Waals surface area contributed by atoms with Crippen LogP contribution in [0.15, 0.2) is 66.3 Å². The largest absolute Gasteiger partial charge is 0.0874 e. The zero-order valence-corrected chi connectivity index (χ0v) is 10.9. The van der Waals surface area contributed by atoms with Crippen LogP contribution in [0.1, 0.15) is 26.3 Å². The monoisotopic (exact) mass is 224 g/mol. The second kappa shape index (κ2) is 4.75. The van der Waals surface area contributed by atoms with Crippen LogP contribution in [0, 0.1) is 5.92 Å². The predicted molar refractivity (Wildman–Crippen MR) is 75.0 cm³/mol. The molecule has 1 aromatic rings. The van der Waals surface area contributed by atoms with E-state index < -0.39 is 0 Å². The van der Waals surface area contributed by atoms with E-state index in [0.29, 0.717) is 5.92 Å². The Morgan fingerprint density at radius 3 is 2.53 bits per heavy atom. The Kier molecular flexibility index (Phi) is 3.33. The molecule has 88 valence electrons. The summed E-state index contributed by atoms with van der Waals surface area (Å²) in [6, 6.07) is 10.8. The average molecular weight is 224 g/mol. The minimum Gasteiger partial charge on any atom is -0.0874 e. The second-order valence-electron chi connectivity index (χ2n) is 4.90. The first-order valence-electron chi connectivity index (χ1n) is 6.26. The average Bonchev–Trinajstić information content (AvgIpc) is 2.36. The minimum absolute atomic E-state index is 0.102. The molecule has 2 atom stereocenters. The summed E-state index contributed by atoms with van der Waals surface area (Å²) in [6.45, 7) is 6.70. The van der Waals surface area contributed by atoms with Crippen molar-refractivity contribution >= 4 is 0 Å². The minimum atomic E-state index is 0.102. The molecule has 0 heteroatoms. The van der Waals surface area contributed by atoms with Crippen molar-refractivity contribution in [2.75, 3.05) is 0 Å². The molecule has 2 rings (SSSR count). The van der Waals surface area contributed by atoms with Crippen molar-refractivity contribution in [2.24, 2.45) is 5.92 Å². The Balaban J connectivity index is 2.41. The van der Waals surface area contributed by atoms with E-state index in [1.807, 2.05) is 0 Å². The van der Waals surface area contributed by atoms with Gasteiger partial charge in [0.2, 0.25) is 0 Å². The Hall–Kier alpha value is -1.56. The van der Waals surface area contributed by atoms with Gasteiger partial charge in [-0.3, -0.25) is 0 Å². The number of hydrogen-bond donors (Lipinski definition) is 0. The first kappa shape index (κ1) is 11.9. The van der Waals surface area contributed by atoms with Crippen molar-refractivity contribution in [1.29, 1.82) is 0 Å². The quantitative estimate of drug-likeness (QED) is 0.685. The van der Waals surface area contributed by atoms with E-state index in [1.165, 1.54) is 11.1 Å². The van der Waals surface area contributed by atoms with Crippen LogP contribution in [0.4, 0.5) is 0 Å². The fourth-order valence-electron chi connectivity index (χ4n) is 2.53. The molecule has 0 saturated heterocycles. The van der Waals surface area contributed by atoms with Gasteiger partial charge >= 0.3 is 0 Å². The van der Waals surface area contributed by atoms with Crippen LogP contribution >= 0.6 is 0 Å². The lowest BCUT2D eigenvalue weighted by Gasteiger charge is -2.36. The fraction of sp³-hybridized carbons (Fsp3) is 0.294. The highest BCUT2D eigenvalue weighted by atomic mass is 14.4. The summed E-state index contributed by atoms with van der Waals surface area (Å²) in [5, 5.41) is 0. The molecule has 0 amide bonds. The lowest BCUT2D eigenvalue weighted by atomic mass is 9.67. The molecule has 0 fully saturated rings. The van der Waals surface area contributed by atoms with E-state index in [0.717, 1.165) is 0 Å². The Morgan fingerprint density at radius 2 is 1.88 bits per heavy atom. The standard InChI is InChI=1S/C17H20/c1-4-9-15-10-8-13-17(3,14(15)2)16-11-6-5-7-12-16/h4-14H,1-3H3. The van der Waals surface area contributed by atoms with Crippen molar-refractivity contribution < 1.29 is 0 Å². The third-order valence-corrected chi connectivity index (χ3v) is 3.89. The van der Waals surface area contributed by atoms with Crippen LogP contribution in [-0.2, 0) is 5.41 Å². The topological polar surface area (TPSA) is 0 Å². The van der Waals surface area contributed by atoms with Gasteiger partial charge in [-0.1, -0.05) is 74.6 Å². The summed E-state index contributed by atoms with van der Waals surface area (Å²) in [4.78, 5) is 0. The van der Waals surface area contributed by atoms with Gasteiger partial charge in [-0.25, -0.2) is 0 Å². The number of allylic oxidation sites excluding steroid dienone is 6.